The Morgan fingerprint density at radius 1 is 1.00 bits per heavy atom. The van der Waals surface area contributed by atoms with Crippen molar-refractivity contribution in [1.29, 1.82) is 0 Å². The van der Waals surface area contributed by atoms with Gasteiger partial charge in [-0.1, -0.05) is 29.8 Å². The standard InChI is InChI=1S/C17H16N2O/c1-11-7-8-16(18)14(9-11)15-10-19(2)17(20)13-6-4-3-5-12(13)15/h3-10H,18H2,1-2H3. The molecule has 0 unspecified atom stereocenters. The highest BCUT2D eigenvalue weighted by Crippen LogP contribution is 2.31. The third-order valence-corrected chi connectivity index (χ3v) is 3.59. The molecule has 0 saturated heterocycles. The van der Waals surface area contributed by atoms with E-state index in [-0.39, 0.29) is 5.56 Å². The fourth-order valence-corrected chi connectivity index (χ4v) is 2.53. The Hall–Kier alpha value is -2.55. The molecule has 2 N–H and O–H groups in total. The van der Waals surface area contributed by atoms with Crippen molar-refractivity contribution in [3.05, 3.63) is 64.6 Å². The second kappa shape index (κ2) is 4.53. The zero-order chi connectivity index (χ0) is 14.3. The molecule has 0 saturated carbocycles. The first-order chi connectivity index (χ1) is 9.58. The SMILES string of the molecule is Cc1ccc(N)c(-c2cn(C)c(=O)c3ccccc23)c1. The average Bonchev–Trinajstić information content (AvgIpc) is 2.46. The molecule has 0 amide bonds. The normalized spacial score (nSPS) is 10.9. The quantitative estimate of drug-likeness (QED) is 0.686. The highest BCUT2D eigenvalue weighted by atomic mass is 16.1. The molecule has 20 heavy (non-hydrogen) atoms. The summed E-state index contributed by atoms with van der Waals surface area (Å²) in [6.45, 7) is 2.03. The molecule has 3 heteroatoms. The van der Waals surface area contributed by atoms with Gasteiger partial charge in [0.15, 0.2) is 0 Å². The third kappa shape index (κ3) is 1.88. The van der Waals surface area contributed by atoms with Crippen molar-refractivity contribution in [3.63, 3.8) is 0 Å². The van der Waals surface area contributed by atoms with Crippen molar-refractivity contribution in [2.45, 2.75) is 6.92 Å². The van der Waals surface area contributed by atoms with E-state index >= 15 is 0 Å². The predicted molar refractivity (Wildman–Crippen MR) is 83.8 cm³/mol. The molecule has 0 aliphatic carbocycles. The molecule has 0 fully saturated rings. The lowest BCUT2D eigenvalue weighted by atomic mass is 9.98. The zero-order valence-corrected chi connectivity index (χ0v) is 11.6. The van der Waals surface area contributed by atoms with E-state index in [1.165, 1.54) is 0 Å². The number of aromatic nitrogens is 1. The number of nitrogens with zero attached hydrogens (tertiary/aromatic N) is 1. The molecule has 100 valence electrons. The zero-order valence-electron chi connectivity index (χ0n) is 11.6. The molecular formula is C17H16N2O. The number of hydrogen-bond acceptors (Lipinski definition) is 2. The summed E-state index contributed by atoms with van der Waals surface area (Å²) >= 11 is 0. The van der Waals surface area contributed by atoms with Crippen molar-refractivity contribution in [2.75, 3.05) is 5.73 Å². The van der Waals surface area contributed by atoms with Crippen LogP contribution in [0.15, 0.2) is 53.5 Å². The number of anilines is 1. The van der Waals surface area contributed by atoms with Crippen LogP contribution in [-0.4, -0.2) is 4.57 Å². The largest absolute Gasteiger partial charge is 0.398 e. The van der Waals surface area contributed by atoms with Crippen LogP contribution in [0.2, 0.25) is 0 Å². The molecule has 1 aromatic heterocycles. The molecule has 0 atom stereocenters. The van der Waals surface area contributed by atoms with E-state index in [9.17, 15) is 4.79 Å². The minimum absolute atomic E-state index is 0.00979. The summed E-state index contributed by atoms with van der Waals surface area (Å²) in [6, 6.07) is 13.6. The monoisotopic (exact) mass is 264 g/mol. The third-order valence-electron chi connectivity index (χ3n) is 3.59. The molecule has 0 aliphatic rings. The Kier molecular flexibility index (Phi) is 2.83. The van der Waals surface area contributed by atoms with E-state index in [4.69, 9.17) is 5.73 Å². The second-order valence-corrected chi connectivity index (χ2v) is 5.10. The summed E-state index contributed by atoms with van der Waals surface area (Å²) in [6.07, 6.45) is 1.86. The minimum atomic E-state index is 0.00979. The van der Waals surface area contributed by atoms with E-state index in [2.05, 4.69) is 6.07 Å². The van der Waals surface area contributed by atoms with Gasteiger partial charge in [-0.05, 0) is 30.5 Å². The molecule has 3 nitrogen and oxygen atoms in total. The van der Waals surface area contributed by atoms with Crippen molar-refractivity contribution in [3.8, 4) is 11.1 Å². The fourth-order valence-electron chi connectivity index (χ4n) is 2.53. The van der Waals surface area contributed by atoms with Crippen LogP contribution in [0.3, 0.4) is 0 Å². The summed E-state index contributed by atoms with van der Waals surface area (Å²) in [4.78, 5) is 12.2. The first-order valence-electron chi connectivity index (χ1n) is 6.53. The summed E-state index contributed by atoms with van der Waals surface area (Å²) in [5, 5.41) is 1.65. The van der Waals surface area contributed by atoms with Gasteiger partial charge >= 0.3 is 0 Å². The maximum absolute atomic E-state index is 12.2. The van der Waals surface area contributed by atoms with Gasteiger partial charge in [0.1, 0.15) is 0 Å². The highest BCUT2D eigenvalue weighted by molar-refractivity contribution is 5.98. The van der Waals surface area contributed by atoms with Crippen LogP contribution >= 0.6 is 0 Å². The molecule has 0 radical (unpaired) electrons. The van der Waals surface area contributed by atoms with E-state index in [1.54, 1.807) is 11.6 Å². The first kappa shape index (κ1) is 12.5. The maximum atomic E-state index is 12.2. The summed E-state index contributed by atoms with van der Waals surface area (Å²) in [5.41, 5.74) is 9.95. The molecule has 1 heterocycles. The average molecular weight is 264 g/mol. The first-order valence-corrected chi connectivity index (χ1v) is 6.53. The molecular weight excluding hydrogens is 248 g/mol. The maximum Gasteiger partial charge on any atom is 0.258 e. The van der Waals surface area contributed by atoms with Gasteiger partial charge in [-0.15, -0.1) is 0 Å². The topological polar surface area (TPSA) is 48.0 Å². The van der Waals surface area contributed by atoms with Gasteiger partial charge < -0.3 is 10.3 Å². The van der Waals surface area contributed by atoms with Crippen LogP contribution in [0.5, 0.6) is 0 Å². The van der Waals surface area contributed by atoms with Crippen molar-refractivity contribution < 1.29 is 0 Å². The van der Waals surface area contributed by atoms with Gasteiger partial charge in [-0.2, -0.15) is 0 Å². The Bertz CT molecular complexity index is 862. The number of aryl methyl sites for hydroxylation is 2. The molecule has 0 aliphatic heterocycles. The highest BCUT2D eigenvalue weighted by Gasteiger charge is 2.10. The Morgan fingerprint density at radius 2 is 1.70 bits per heavy atom. The minimum Gasteiger partial charge on any atom is -0.398 e. The van der Waals surface area contributed by atoms with Crippen LogP contribution in [0.25, 0.3) is 21.9 Å². The van der Waals surface area contributed by atoms with Gasteiger partial charge in [0.25, 0.3) is 5.56 Å². The Morgan fingerprint density at radius 3 is 2.45 bits per heavy atom. The van der Waals surface area contributed by atoms with Gasteiger partial charge in [0, 0.05) is 35.4 Å². The number of fused-ring (bicyclic) bond motifs is 1. The van der Waals surface area contributed by atoms with Crippen molar-refractivity contribution >= 4 is 16.5 Å². The van der Waals surface area contributed by atoms with Crippen LogP contribution in [-0.2, 0) is 7.05 Å². The molecule has 0 bridgehead atoms. The van der Waals surface area contributed by atoms with Crippen LogP contribution in [0.1, 0.15) is 5.56 Å². The van der Waals surface area contributed by atoms with E-state index < -0.39 is 0 Å². The number of nitrogen functional groups attached to an aromatic ring is 1. The number of pyridine rings is 1. The molecule has 2 aromatic carbocycles. The number of nitrogens with two attached hydrogens (primary N) is 1. The smallest absolute Gasteiger partial charge is 0.258 e. The van der Waals surface area contributed by atoms with Gasteiger partial charge in [-0.25, -0.2) is 0 Å². The summed E-state index contributed by atoms with van der Waals surface area (Å²) in [5.74, 6) is 0. The lowest BCUT2D eigenvalue weighted by Crippen LogP contribution is -2.16. The van der Waals surface area contributed by atoms with Gasteiger partial charge in [-0.3, -0.25) is 4.79 Å². The fraction of sp³-hybridized carbons (Fsp3) is 0.118. The second-order valence-electron chi connectivity index (χ2n) is 5.10. The summed E-state index contributed by atoms with van der Waals surface area (Å²) < 4.78 is 1.61. The Labute approximate surface area is 117 Å². The van der Waals surface area contributed by atoms with E-state index in [0.717, 1.165) is 27.8 Å². The van der Waals surface area contributed by atoms with Crippen molar-refractivity contribution in [2.24, 2.45) is 7.05 Å². The van der Waals surface area contributed by atoms with Crippen LogP contribution in [0, 0.1) is 6.92 Å². The number of benzene rings is 2. The molecule has 3 aromatic rings. The predicted octanol–water partition coefficient (Wildman–Crippen LogP) is 3.10. The van der Waals surface area contributed by atoms with E-state index in [0.29, 0.717) is 5.39 Å². The number of hydrogen-bond donors (Lipinski definition) is 1. The molecule has 0 spiro atoms. The Balaban J connectivity index is 2.45. The van der Waals surface area contributed by atoms with Crippen LogP contribution < -0.4 is 11.3 Å². The lowest BCUT2D eigenvalue weighted by molar-refractivity contribution is 0.875. The van der Waals surface area contributed by atoms with Gasteiger partial charge in [0.05, 0.1) is 0 Å². The van der Waals surface area contributed by atoms with Crippen molar-refractivity contribution in [1.82, 2.24) is 4.57 Å². The lowest BCUT2D eigenvalue weighted by Gasteiger charge is -2.12. The van der Waals surface area contributed by atoms with Gasteiger partial charge in [0.2, 0.25) is 0 Å². The number of rotatable bonds is 1. The van der Waals surface area contributed by atoms with E-state index in [1.807, 2.05) is 49.5 Å². The summed E-state index contributed by atoms with van der Waals surface area (Å²) in [7, 11) is 1.77. The molecule has 3 rings (SSSR count). The van der Waals surface area contributed by atoms with Crippen LogP contribution in [0.4, 0.5) is 5.69 Å².